The molecule has 0 heterocycles. The lowest BCUT2D eigenvalue weighted by molar-refractivity contribution is -0.161. The quantitative estimate of drug-likeness (QED) is 0.0170. The summed E-state index contributed by atoms with van der Waals surface area (Å²) in [6.45, 7) is 4.25. The van der Waals surface area contributed by atoms with E-state index >= 15 is 0 Å². The third kappa shape index (κ3) is 38.1. The molecule has 0 rings (SSSR count). The molecule has 0 aromatic rings. The number of esters is 2. The lowest BCUT2D eigenvalue weighted by atomic mass is 10.0. The highest BCUT2D eigenvalue weighted by Gasteiger charge is 2.27. The van der Waals surface area contributed by atoms with Crippen molar-refractivity contribution in [2.75, 3.05) is 26.4 Å². The standard InChI is InChI=1S/C45H81O12P/c1-4-5-6-7-8-9-10-15-18-21-24-27-31-42(48)43(49)32-29-34-45(51)57-41(38-56-58(52,53)55-36-40(47)35-46)37-54-44(50)33-28-25-22-19-16-13-11-12-14-17-20-23-26-30-39(2)3/h5-6,8-9,15,18,24,27,39-43,46-49H,4,7,10-14,16-17,19-23,25-26,28-38H2,1-3H3,(H,52,53)/b6-5-,9-8-,18-15-,27-24-/t40-,41+,42+,43+/m0/s1. The van der Waals surface area contributed by atoms with Crippen molar-refractivity contribution in [3.05, 3.63) is 48.6 Å². The molecule has 0 aromatic heterocycles. The van der Waals surface area contributed by atoms with Gasteiger partial charge in [-0.1, -0.05) is 153 Å². The number of rotatable bonds is 40. The summed E-state index contributed by atoms with van der Waals surface area (Å²) in [5.41, 5.74) is 0. The van der Waals surface area contributed by atoms with Gasteiger partial charge in [0.2, 0.25) is 0 Å². The number of carbonyl (C=O) groups excluding carboxylic acids is 2. The van der Waals surface area contributed by atoms with Crippen LogP contribution in [-0.2, 0) is 32.7 Å². The Morgan fingerprint density at radius 1 is 0.586 bits per heavy atom. The number of aliphatic hydroxyl groups is 4. The first kappa shape index (κ1) is 55.9. The van der Waals surface area contributed by atoms with Crippen molar-refractivity contribution in [3.8, 4) is 0 Å². The first-order chi connectivity index (χ1) is 27.9. The van der Waals surface area contributed by atoms with E-state index in [1.807, 2.05) is 12.2 Å². The van der Waals surface area contributed by atoms with Crippen molar-refractivity contribution >= 4 is 19.8 Å². The first-order valence-corrected chi connectivity index (χ1v) is 23.6. The maximum Gasteiger partial charge on any atom is 0.472 e. The molecule has 5 N–H and O–H groups in total. The van der Waals surface area contributed by atoms with E-state index in [0.29, 0.717) is 12.8 Å². The number of hydrogen-bond acceptors (Lipinski definition) is 11. The van der Waals surface area contributed by atoms with Gasteiger partial charge in [0.15, 0.2) is 6.10 Å². The van der Waals surface area contributed by atoms with Crippen LogP contribution in [0.1, 0.15) is 168 Å². The minimum absolute atomic E-state index is 0.131. The topological polar surface area (TPSA) is 189 Å². The highest BCUT2D eigenvalue weighted by atomic mass is 31.2. The minimum Gasteiger partial charge on any atom is -0.462 e. The molecule has 5 atom stereocenters. The van der Waals surface area contributed by atoms with Crippen molar-refractivity contribution in [1.82, 2.24) is 0 Å². The molecule has 0 saturated carbocycles. The van der Waals surface area contributed by atoms with E-state index in [9.17, 15) is 34.4 Å². The van der Waals surface area contributed by atoms with E-state index in [0.717, 1.165) is 44.4 Å². The van der Waals surface area contributed by atoms with Gasteiger partial charge in [0, 0.05) is 12.8 Å². The molecular formula is C45H81O12P. The molecule has 0 fully saturated rings. The van der Waals surface area contributed by atoms with Crippen molar-refractivity contribution in [3.63, 3.8) is 0 Å². The highest BCUT2D eigenvalue weighted by molar-refractivity contribution is 7.47. The fourth-order valence-corrected chi connectivity index (χ4v) is 6.64. The number of unbranched alkanes of at least 4 members (excludes halogenated alkanes) is 12. The van der Waals surface area contributed by atoms with Crippen LogP contribution in [0.2, 0.25) is 0 Å². The Labute approximate surface area is 350 Å². The van der Waals surface area contributed by atoms with Crippen molar-refractivity contribution in [1.29, 1.82) is 0 Å². The molecule has 13 heteroatoms. The maximum atomic E-state index is 12.7. The lowest BCUT2D eigenvalue weighted by Gasteiger charge is -2.20. The predicted molar refractivity (Wildman–Crippen MR) is 231 cm³/mol. The molecule has 0 bridgehead atoms. The largest absolute Gasteiger partial charge is 0.472 e. The van der Waals surface area contributed by atoms with Gasteiger partial charge in [-0.25, -0.2) is 4.57 Å². The van der Waals surface area contributed by atoms with Crippen molar-refractivity contribution in [2.45, 2.75) is 193 Å². The minimum atomic E-state index is -4.70. The van der Waals surface area contributed by atoms with Crippen LogP contribution in [-0.4, -0.2) is 88.1 Å². The SMILES string of the molecule is CC/C=C\C/C=C\C/C=C\C/C=C\C[C@@H](O)[C@H](O)CCCC(=O)O[C@H](COC(=O)CCCCCCCCCCCCCCCC(C)C)COP(=O)(O)OC[C@@H](O)CO. The van der Waals surface area contributed by atoms with Crippen LogP contribution in [0.3, 0.4) is 0 Å². The molecule has 0 saturated heterocycles. The van der Waals surface area contributed by atoms with Crippen LogP contribution in [0.15, 0.2) is 48.6 Å². The Morgan fingerprint density at radius 3 is 1.60 bits per heavy atom. The molecule has 338 valence electrons. The number of ether oxygens (including phenoxy) is 2. The van der Waals surface area contributed by atoms with Crippen molar-refractivity contribution in [2.24, 2.45) is 5.92 Å². The number of carbonyl (C=O) groups is 2. The molecule has 0 spiro atoms. The molecule has 0 radical (unpaired) electrons. The second-order valence-electron chi connectivity index (χ2n) is 15.5. The van der Waals surface area contributed by atoms with Crippen LogP contribution >= 0.6 is 7.82 Å². The second kappa shape index (κ2) is 39.0. The monoisotopic (exact) mass is 845 g/mol. The Balaban J connectivity index is 4.53. The summed E-state index contributed by atoms with van der Waals surface area (Å²) >= 11 is 0. The molecule has 0 amide bonds. The van der Waals surface area contributed by atoms with E-state index in [4.69, 9.17) is 19.1 Å². The zero-order chi connectivity index (χ0) is 43.1. The van der Waals surface area contributed by atoms with Crippen LogP contribution in [0, 0.1) is 5.92 Å². The maximum absolute atomic E-state index is 12.7. The summed E-state index contributed by atoms with van der Waals surface area (Å²) < 4.78 is 32.5. The Hall–Kier alpha value is -2.15. The molecule has 0 aliphatic carbocycles. The third-order valence-electron chi connectivity index (χ3n) is 9.38. The Kier molecular flexibility index (Phi) is 37.6. The first-order valence-electron chi connectivity index (χ1n) is 22.1. The van der Waals surface area contributed by atoms with E-state index in [1.54, 1.807) is 6.08 Å². The van der Waals surface area contributed by atoms with Gasteiger partial charge in [-0.2, -0.15) is 0 Å². The number of hydrogen-bond donors (Lipinski definition) is 5. The predicted octanol–water partition coefficient (Wildman–Crippen LogP) is 9.52. The van der Waals surface area contributed by atoms with E-state index in [1.165, 1.54) is 64.2 Å². The summed E-state index contributed by atoms with van der Waals surface area (Å²) in [6.07, 6.45) is 32.5. The van der Waals surface area contributed by atoms with Gasteiger partial charge in [0.25, 0.3) is 0 Å². The zero-order valence-electron chi connectivity index (χ0n) is 36.1. The van der Waals surface area contributed by atoms with Crippen LogP contribution < -0.4 is 0 Å². The molecule has 58 heavy (non-hydrogen) atoms. The summed E-state index contributed by atoms with van der Waals surface area (Å²) in [5, 5.41) is 39.1. The normalized spacial score (nSPS) is 15.5. The molecule has 0 aliphatic rings. The van der Waals surface area contributed by atoms with Gasteiger partial charge in [-0.3, -0.25) is 18.6 Å². The summed E-state index contributed by atoms with van der Waals surface area (Å²) in [6, 6.07) is 0. The summed E-state index contributed by atoms with van der Waals surface area (Å²) in [5.74, 6) is -0.408. The molecule has 0 aromatic carbocycles. The van der Waals surface area contributed by atoms with Gasteiger partial charge >= 0.3 is 19.8 Å². The van der Waals surface area contributed by atoms with E-state index in [-0.39, 0.29) is 32.1 Å². The second-order valence-corrected chi connectivity index (χ2v) is 16.9. The van der Waals surface area contributed by atoms with E-state index < -0.39 is 70.6 Å². The Bertz CT molecular complexity index is 1150. The molecule has 12 nitrogen and oxygen atoms in total. The van der Waals surface area contributed by atoms with Gasteiger partial charge in [-0.05, 0) is 57.3 Å². The number of phosphoric acid groups is 1. The third-order valence-corrected chi connectivity index (χ3v) is 10.3. The zero-order valence-corrected chi connectivity index (χ0v) is 37.0. The van der Waals surface area contributed by atoms with Crippen LogP contribution in [0.4, 0.5) is 0 Å². The smallest absolute Gasteiger partial charge is 0.462 e. The van der Waals surface area contributed by atoms with Crippen molar-refractivity contribution < 1.29 is 58.0 Å². The number of allylic oxidation sites excluding steroid dienone is 7. The average Bonchev–Trinajstić information content (AvgIpc) is 3.19. The average molecular weight is 845 g/mol. The van der Waals surface area contributed by atoms with Gasteiger partial charge < -0.3 is 34.8 Å². The van der Waals surface area contributed by atoms with Gasteiger partial charge in [0.05, 0.1) is 32.0 Å². The lowest BCUT2D eigenvalue weighted by Crippen LogP contribution is -2.30. The molecule has 1 unspecified atom stereocenters. The van der Waals surface area contributed by atoms with Gasteiger partial charge in [0.1, 0.15) is 12.7 Å². The Morgan fingerprint density at radius 2 is 1.07 bits per heavy atom. The summed E-state index contributed by atoms with van der Waals surface area (Å²) in [4.78, 5) is 35.1. The van der Waals surface area contributed by atoms with Gasteiger partial charge in [-0.15, -0.1) is 0 Å². The van der Waals surface area contributed by atoms with E-state index in [2.05, 4.69) is 55.7 Å². The van der Waals surface area contributed by atoms with Crippen LogP contribution in [0.25, 0.3) is 0 Å². The number of aliphatic hydroxyl groups excluding tert-OH is 4. The van der Waals surface area contributed by atoms with Crippen LogP contribution in [0.5, 0.6) is 0 Å². The number of phosphoric ester groups is 1. The summed E-state index contributed by atoms with van der Waals surface area (Å²) in [7, 11) is -4.70. The highest BCUT2D eigenvalue weighted by Crippen LogP contribution is 2.43. The fraction of sp³-hybridized carbons (Fsp3) is 0.778. The fourth-order valence-electron chi connectivity index (χ4n) is 5.85. The molecular weight excluding hydrogens is 763 g/mol. The molecule has 0 aliphatic heterocycles.